The Bertz CT molecular complexity index is 1150. The lowest BCUT2D eigenvalue weighted by Crippen LogP contribution is -2.23. The number of nitrogens with one attached hydrogen (secondary N) is 2. The highest BCUT2D eigenvalue weighted by atomic mass is 32.1. The van der Waals surface area contributed by atoms with Crippen LogP contribution in [-0.4, -0.2) is 15.9 Å². The van der Waals surface area contributed by atoms with E-state index >= 15 is 0 Å². The molecule has 0 fully saturated rings. The number of benzene rings is 2. The Labute approximate surface area is 151 Å². The number of aromatic nitrogens is 2. The minimum atomic E-state index is -0.569. The van der Waals surface area contributed by atoms with Gasteiger partial charge in [0.25, 0.3) is 11.5 Å². The number of hydrogen-bond acceptors (Lipinski definition) is 4. The van der Waals surface area contributed by atoms with Crippen LogP contribution in [0, 0.1) is 5.82 Å². The summed E-state index contributed by atoms with van der Waals surface area (Å²) in [6, 6.07) is 12.7. The molecule has 0 bridgehead atoms. The minimum Gasteiger partial charge on any atom is -0.322 e. The van der Waals surface area contributed by atoms with Crippen LogP contribution in [0.1, 0.15) is 10.4 Å². The molecule has 2 heterocycles. The number of anilines is 1. The number of H-pyrrole nitrogens is 1. The maximum Gasteiger partial charge on any atom is 0.261 e. The van der Waals surface area contributed by atoms with Crippen LogP contribution in [0.15, 0.2) is 64.9 Å². The van der Waals surface area contributed by atoms with E-state index in [0.29, 0.717) is 16.6 Å². The van der Waals surface area contributed by atoms with E-state index in [1.54, 1.807) is 18.3 Å². The second-order valence-corrected chi connectivity index (χ2v) is 6.51. The Kier molecular flexibility index (Phi) is 4.06. The van der Waals surface area contributed by atoms with E-state index in [1.807, 2.05) is 17.5 Å². The molecule has 0 aliphatic rings. The highest BCUT2D eigenvalue weighted by Crippen LogP contribution is 2.23. The third-order valence-electron chi connectivity index (χ3n) is 3.87. The van der Waals surface area contributed by atoms with E-state index in [-0.39, 0.29) is 5.56 Å². The number of carbonyl (C=O) groups is 1. The van der Waals surface area contributed by atoms with Crippen molar-refractivity contribution in [2.75, 3.05) is 5.32 Å². The lowest BCUT2D eigenvalue weighted by Gasteiger charge is -2.07. The Balaban J connectivity index is 1.60. The second kappa shape index (κ2) is 6.53. The zero-order valence-electron chi connectivity index (χ0n) is 13.3. The summed E-state index contributed by atoms with van der Waals surface area (Å²) in [6.45, 7) is 0. The molecule has 0 atom stereocenters. The standard InChI is InChI=1S/C19H12FN3O2S/c20-13-4-1-12-9-15(18(25)23-16(12)10-13)17(24)22-14-5-2-11(3-6-14)19-21-7-8-26-19/h1-10H,(H,22,24)(H,23,25). The summed E-state index contributed by atoms with van der Waals surface area (Å²) >= 11 is 1.53. The van der Waals surface area contributed by atoms with Crippen molar-refractivity contribution < 1.29 is 9.18 Å². The molecule has 7 heteroatoms. The number of aromatic amines is 1. The first-order valence-corrected chi connectivity index (χ1v) is 8.62. The molecule has 0 saturated heterocycles. The summed E-state index contributed by atoms with van der Waals surface area (Å²) in [6.07, 6.45) is 1.73. The van der Waals surface area contributed by atoms with Crippen molar-refractivity contribution in [1.82, 2.24) is 9.97 Å². The van der Waals surface area contributed by atoms with Crippen molar-refractivity contribution >= 4 is 33.8 Å². The zero-order valence-corrected chi connectivity index (χ0v) is 14.1. The Morgan fingerprint density at radius 3 is 2.65 bits per heavy atom. The first-order valence-electron chi connectivity index (χ1n) is 7.74. The minimum absolute atomic E-state index is 0.0342. The maximum absolute atomic E-state index is 13.2. The molecule has 4 rings (SSSR count). The Morgan fingerprint density at radius 1 is 1.12 bits per heavy atom. The molecule has 2 aromatic carbocycles. The molecule has 0 spiro atoms. The highest BCUT2D eigenvalue weighted by molar-refractivity contribution is 7.13. The van der Waals surface area contributed by atoms with Crippen molar-refractivity contribution in [2.24, 2.45) is 0 Å². The quantitative estimate of drug-likeness (QED) is 0.575. The van der Waals surface area contributed by atoms with Gasteiger partial charge in [0.15, 0.2) is 0 Å². The summed E-state index contributed by atoms with van der Waals surface area (Å²) in [7, 11) is 0. The monoisotopic (exact) mass is 365 g/mol. The third kappa shape index (κ3) is 3.12. The number of carbonyl (C=O) groups excluding carboxylic acids is 1. The SMILES string of the molecule is O=C(Nc1ccc(-c2nccs2)cc1)c1cc2ccc(F)cc2[nH]c1=O. The van der Waals surface area contributed by atoms with E-state index in [4.69, 9.17) is 0 Å². The van der Waals surface area contributed by atoms with E-state index in [1.165, 1.54) is 35.6 Å². The largest absolute Gasteiger partial charge is 0.322 e. The number of fused-ring (bicyclic) bond motifs is 1. The molecule has 0 saturated carbocycles. The fraction of sp³-hybridized carbons (Fsp3) is 0. The molecule has 4 aromatic rings. The molecule has 128 valence electrons. The smallest absolute Gasteiger partial charge is 0.261 e. The second-order valence-electron chi connectivity index (χ2n) is 5.61. The average Bonchev–Trinajstić information content (AvgIpc) is 3.16. The van der Waals surface area contributed by atoms with Gasteiger partial charge in [-0.15, -0.1) is 11.3 Å². The molecule has 0 aliphatic carbocycles. The van der Waals surface area contributed by atoms with Crippen LogP contribution < -0.4 is 10.9 Å². The highest BCUT2D eigenvalue weighted by Gasteiger charge is 2.13. The fourth-order valence-corrected chi connectivity index (χ4v) is 3.25. The van der Waals surface area contributed by atoms with Gasteiger partial charge in [0, 0.05) is 22.8 Å². The van der Waals surface area contributed by atoms with E-state index in [0.717, 1.165) is 10.6 Å². The number of amides is 1. The molecule has 26 heavy (non-hydrogen) atoms. The van der Waals surface area contributed by atoms with Crippen LogP contribution in [0.25, 0.3) is 21.5 Å². The number of pyridine rings is 1. The van der Waals surface area contributed by atoms with Gasteiger partial charge in [0.2, 0.25) is 0 Å². The Morgan fingerprint density at radius 2 is 1.92 bits per heavy atom. The van der Waals surface area contributed by atoms with Gasteiger partial charge in [-0.3, -0.25) is 9.59 Å². The molecular formula is C19H12FN3O2S. The van der Waals surface area contributed by atoms with E-state index in [9.17, 15) is 14.0 Å². The first-order chi connectivity index (χ1) is 12.6. The van der Waals surface area contributed by atoms with Crippen LogP contribution in [0.5, 0.6) is 0 Å². The zero-order chi connectivity index (χ0) is 18.1. The van der Waals surface area contributed by atoms with Gasteiger partial charge < -0.3 is 10.3 Å². The predicted octanol–water partition coefficient (Wildman–Crippen LogP) is 4.04. The van der Waals surface area contributed by atoms with E-state index in [2.05, 4.69) is 15.3 Å². The maximum atomic E-state index is 13.2. The van der Waals surface area contributed by atoms with Gasteiger partial charge in [0.1, 0.15) is 16.4 Å². The predicted molar refractivity (Wildman–Crippen MR) is 100 cm³/mol. The van der Waals surface area contributed by atoms with Crippen LogP contribution in [0.4, 0.5) is 10.1 Å². The number of hydrogen-bond donors (Lipinski definition) is 2. The molecule has 1 amide bonds. The van der Waals surface area contributed by atoms with Crippen LogP contribution >= 0.6 is 11.3 Å². The average molecular weight is 365 g/mol. The number of nitrogens with zero attached hydrogens (tertiary/aromatic N) is 1. The van der Waals surface area contributed by atoms with E-state index < -0.39 is 17.3 Å². The molecule has 5 nitrogen and oxygen atoms in total. The molecule has 2 N–H and O–H groups in total. The van der Waals surface area contributed by atoms with Crippen molar-refractivity contribution in [1.29, 1.82) is 0 Å². The molecule has 2 aromatic heterocycles. The van der Waals surface area contributed by atoms with Crippen molar-refractivity contribution in [2.45, 2.75) is 0 Å². The first kappa shape index (κ1) is 16.2. The summed E-state index contributed by atoms with van der Waals surface area (Å²) in [4.78, 5) is 31.3. The van der Waals surface area contributed by atoms with Gasteiger partial charge in [-0.05, 0) is 53.9 Å². The van der Waals surface area contributed by atoms with Crippen molar-refractivity contribution in [3.8, 4) is 10.6 Å². The third-order valence-corrected chi connectivity index (χ3v) is 4.70. The fourth-order valence-electron chi connectivity index (χ4n) is 2.60. The number of rotatable bonds is 3. The van der Waals surface area contributed by atoms with Gasteiger partial charge in [-0.2, -0.15) is 0 Å². The van der Waals surface area contributed by atoms with Crippen LogP contribution in [0.2, 0.25) is 0 Å². The number of halogens is 1. The summed E-state index contributed by atoms with van der Waals surface area (Å²) in [5.41, 5.74) is 1.25. The summed E-state index contributed by atoms with van der Waals surface area (Å²) in [5.74, 6) is -0.981. The topological polar surface area (TPSA) is 74.8 Å². The lowest BCUT2D eigenvalue weighted by atomic mass is 10.1. The lowest BCUT2D eigenvalue weighted by molar-refractivity contribution is 0.102. The van der Waals surface area contributed by atoms with Crippen molar-refractivity contribution in [3.05, 3.63) is 81.8 Å². The summed E-state index contributed by atoms with van der Waals surface area (Å²) < 4.78 is 13.2. The molecular weight excluding hydrogens is 353 g/mol. The van der Waals surface area contributed by atoms with Gasteiger partial charge in [-0.1, -0.05) is 0 Å². The van der Waals surface area contributed by atoms with Crippen molar-refractivity contribution in [3.63, 3.8) is 0 Å². The normalized spacial score (nSPS) is 10.8. The van der Waals surface area contributed by atoms with Gasteiger partial charge >= 0.3 is 0 Å². The summed E-state index contributed by atoms with van der Waals surface area (Å²) in [5, 5.41) is 6.06. The van der Waals surface area contributed by atoms with Crippen LogP contribution in [0.3, 0.4) is 0 Å². The molecule has 0 aliphatic heterocycles. The van der Waals surface area contributed by atoms with Gasteiger partial charge in [-0.25, -0.2) is 9.37 Å². The Hall–Kier alpha value is -3.32. The molecule has 0 unspecified atom stereocenters. The molecule has 0 radical (unpaired) electrons. The van der Waals surface area contributed by atoms with Crippen LogP contribution in [-0.2, 0) is 0 Å². The van der Waals surface area contributed by atoms with Gasteiger partial charge in [0.05, 0.1) is 5.52 Å². The number of thiazole rings is 1.